The van der Waals surface area contributed by atoms with E-state index in [1.165, 1.54) is 13.0 Å². The van der Waals surface area contributed by atoms with Crippen LogP contribution in [0.2, 0.25) is 0 Å². The Bertz CT molecular complexity index is 371. The van der Waals surface area contributed by atoms with E-state index in [2.05, 4.69) is 9.24 Å². The monoisotopic (exact) mass is 213 g/mol. The zero-order valence-electron chi connectivity index (χ0n) is 8.17. The van der Waals surface area contributed by atoms with Gasteiger partial charge in [-0.3, -0.25) is 4.79 Å². The summed E-state index contributed by atoms with van der Waals surface area (Å²) in [5, 5.41) is -1.53. The maximum Gasteiger partial charge on any atom is 0.248 e. The van der Waals surface area contributed by atoms with Crippen LogP contribution in [0.25, 0.3) is 0 Å². The molecule has 0 aliphatic carbocycles. The van der Waals surface area contributed by atoms with Crippen molar-refractivity contribution in [1.82, 2.24) is 0 Å². The predicted octanol–water partition coefficient (Wildman–Crippen LogP) is 2.11. The number of aryl methyl sites for hydroxylation is 1. The van der Waals surface area contributed by atoms with Gasteiger partial charge in [0.1, 0.15) is 5.41 Å². The zero-order chi connectivity index (χ0) is 10.9. The first-order valence-electron chi connectivity index (χ1n) is 4.21. The van der Waals surface area contributed by atoms with Crippen molar-refractivity contribution < 1.29 is 9.18 Å². The molecule has 4 heteroatoms. The second-order valence-corrected chi connectivity index (χ2v) is 4.55. The average Bonchev–Trinajstić information content (AvgIpc) is 2.02. The summed E-state index contributed by atoms with van der Waals surface area (Å²) in [5.74, 6) is -0.541. The molecule has 2 nitrogen and oxygen atoms in total. The fraction of sp³-hybridized carbons (Fsp3) is 0.300. The van der Waals surface area contributed by atoms with Gasteiger partial charge in [-0.05, 0) is 37.1 Å². The molecule has 1 rings (SSSR count). The second-order valence-electron chi connectivity index (χ2n) is 3.47. The third kappa shape index (κ3) is 2.30. The molecule has 0 aromatic heterocycles. The SMILES string of the molecule is Cc1ccc(C(N)=O)cc1C(C)(F)P. The molecule has 1 amide bonds. The molecule has 1 aromatic rings. The van der Waals surface area contributed by atoms with Crippen LogP contribution in [0.4, 0.5) is 4.39 Å². The summed E-state index contributed by atoms with van der Waals surface area (Å²) in [7, 11) is 2.10. The molecule has 0 heterocycles. The summed E-state index contributed by atoms with van der Waals surface area (Å²) in [5.41, 5.74) is 6.71. The summed E-state index contributed by atoms with van der Waals surface area (Å²) < 4.78 is 13.6. The van der Waals surface area contributed by atoms with Crippen LogP contribution in [0.5, 0.6) is 0 Å². The highest BCUT2D eigenvalue weighted by Gasteiger charge is 2.22. The lowest BCUT2D eigenvalue weighted by Gasteiger charge is -2.17. The molecule has 0 radical (unpaired) electrons. The smallest absolute Gasteiger partial charge is 0.248 e. The van der Waals surface area contributed by atoms with E-state index in [4.69, 9.17) is 5.73 Å². The number of hydrogen-bond donors (Lipinski definition) is 1. The molecule has 2 unspecified atom stereocenters. The minimum atomic E-state index is -1.53. The van der Waals surface area contributed by atoms with E-state index < -0.39 is 11.3 Å². The van der Waals surface area contributed by atoms with E-state index in [-0.39, 0.29) is 0 Å². The van der Waals surface area contributed by atoms with Gasteiger partial charge in [0.05, 0.1) is 0 Å². The van der Waals surface area contributed by atoms with Crippen LogP contribution < -0.4 is 5.73 Å². The minimum absolute atomic E-state index is 0.330. The van der Waals surface area contributed by atoms with Gasteiger partial charge in [0.15, 0.2) is 0 Å². The highest BCUT2D eigenvalue weighted by atomic mass is 31.0. The fourth-order valence-electron chi connectivity index (χ4n) is 1.30. The van der Waals surface area contributed by atoms with Crippen LogP contribution in [0.15, 0.2) is 18.2 Å². The summed E-state index contributed by atoms with van der Waals surface area (Å²) in [6.45, 7) is 3.22. The number of amides is 1. The Morgan fingerprint density at radius 1 is 1.57 bits per heavy atom. The van der Waals surface area contributed by atoms with E-state index >= 15 is 0 Å². The first-order chi connectivity index (χ1) is 6.32. The Morgan fingerprint density at radius 3 is 2.57 bits per heavy atom. The van der Waals surface area contributed by atoms with Crippen LogP contribution in [-0.4, -0.2) is 5.91 Å². The van der Waals surface area contributed by atoms with Crippen LogP contribution in [0.3, 0.4) is 0 Å². The molecular weight excluding hydrogens is 200 g/mol. The van der Waals surface area contributed by atoms with Crippen molar-refractivity contribution in [1.29, 1.82) is 0 Å². The first-order valence-corrected chi connectivity index (χ1v) is 4.79. The third-order valence-electron chi connectivity index (χ3n) is 2.05. The van der Waals surface area contributed by atoms with Crippen LogP contribution in [0, 0.1) is 6.92 Å². The first kappa shape index (κ1) is 11.1. The minimum Gasteiger partial charge on any atom is -0.366 e. The van der Waals surface area contributed by atoms with E-state index in [9.17, 15) is 9.18 Å². The number of carbonyl (C=O) groups excluding carboxylic acids is 1. The summed E-state index contributed by atoms with van der Waals surface area (Å²) in [6.07, 6.45) is 0. The van der Waals surface area contributed by atoms with Crippen molar-refractivity contribution >= 4 is 15.1 Å². The lowest BCUT2D eigenvalue weighted by atomic mass is 10.0. The molecule has 0 aliphatic heterocycles. The molecule has 0 fully saturated rings. The van der Waals surface area contributed by atoms with Gasteiger partial charge in [-0.1, -0.05) is 15.3 Å². The molecular formula is C10H13FNOP. The van der Waals surface area contributed by atoms with Crippen molar-refractivity contribution in [2.45, 2.75) is 19.3 Å². The number of alkyl halides is 1. The molecule has 0 spiro atoms. The van der Waals surface area contributed by atoms with Gasteiger partial charge in [0, 0.05) is 5.56 Å². The number of carbonyl (C=O) groups is 1. The second kappa shape index (κ2) is 3.66. The van der Waals surface area contributed by atoms with Gasteiger partial charge < -0.3 is 5.73 Å². The van der Waals surface area contributed by atoms with Crippen molar-refractivity contribution in [2.24, 2.45) is 5.73 Å². The molecule has 2 N–H and O–H groups in total. The van der Waals surface area contributed by atoms with Crippen LogP contribution >= 0.6 is 9.24 Å². The lowest BCUT2D eigenvalue weighted by molar-refractivity contribution is 0.1000. The molecule has 0 saturated heterocycles. The number of hydrogen-bond acceptors (Lipinski definition) is 1. The van der Waals surface area contributed by atoms with Crippen molar-refractivity contribution in [3.63, 3.8) is 0 Å². The molecule has 14 heavy (non-hydrogen) atoms. The molecule has 0 saturated carbocycles. The van der Waals surface area contributed by atoms with Crippen LogP contribution in [0.1, 0.15) is 28.4 Å². The van der Waals surface area contributed by atoms with Gasteiger partial charge in [-0.25, -0.2) is 4.39 Å². The Morgan fingerprint density at radius 2 is 2.14 bits per heavy atom. The van der Waals surface area contributed by atoms with E-state index in [1.54, 1.807) is 19.1 Å². The number of nitrogens with two attached hydrogens (primary N) is 1. The van der Waals surface area contributed by atoms with E-state index in [1.807, 2.05) is 0 Å². The maximum atomic E-state index is 13.6. The number of rotatable bonds is 2. The molecule has 0 aliphatic rings. The Hall–Kier alpha value is -0.950. The number of halogens is 1. The number of benzene rings is 1. The van der Waals surface area contributed by atoms with Crippen molar-refractivity contribution in [3.05, 3.63) is 34.9 Å². The Balaban J connectivity index is 3.29. The quantitative estimate of drug-likeness (QED) is 0.751. The van der Waals surface area contributed by atoms with E-state index in [0.717, 1.165) is 5.56 Å². The summed E-state index contributed by atoms with van der Waals surface area (Å²) in [4.78, 5) is 10.9. The van der Waals surface area contributed by atoms with Gasteiger partial charge >= 0.3 is 0 Å². The van der Waals surface area contributed by atoms with Gasteiger partial charge in [-0.2, -0.15) is 0 Å². The predicted molar refractivity (Wildman–Crippen MR) is 57.9 cm³/mol. The Kier molecular flexibility index (Phi) is 2.91. The van der Waals surface area contributed by atoms with Crippen molar-refractivity contribution in [3.8, 4) is 0 Å². The van der Waals surface area contributed by atoms with Gasteiger partial charge in [0.2, 0.25) is 5.91 Å². The van der Waals surface area contributed by atoms with Crippen LogP contribution in [-0.2, 0) is 5.41 Å². The topological polar surface area (TPSA) is 43.1 Å². The molecule has 76 valence electrons. The third-order valence-corrected chi connectivity index (χ3v) is 2.36. The summed E-state index contributed by atoms with van der Waals surface area (Å²) >= 11 is 0. The lowest BCUT2D eigenvalue weighted by Crippen LogP contribution is -2.14. The summed E-state index contributed by atoms with van der Waals surface area (Å²) in [6, 6.07) is 4.78. The normalized spacial score (nSPS) is 14.9. The Labute approximate surface area is 84.9 Å². The van der Waals surface area contributed by atoms with Crippen molar-refractivity contribution in [2.75, 3.05) is 0 Å². The van der Waals surface area contributed by atoms with E-state index in [0.29, 0.717) is 11.1 Å². The average molecular weight is 213 g/mol. The van der Waals surface area contributed by atoms with Gasteiger partial charge in [-0.15, -0.1) is 0 Å². The molecule has 0 bridgehead atoms. The highest BCUT2D eigenvalue weighted by Crippen LogP contribution is 2.34. The fourth-order valence-corrected chi connectivity index (χ4v) is 1.61. The molecule has 2 atom stereocenters. The largest absolute Gasteiger partial charge is 0.366 e. The number of primary amides is 1. The highest BCUT2D eigenvalue weighted by molar-refractivity contribution is 7.18. The standard InChI is InChI=1S/C10H13FNOP/c1-6-3-4-7(9(12)13)5-8(6)10(2,11)14/h3-5H,14H2,1-2H3,(H2,12,13). The van der Waals surface area contributed by atoms with Gasteiger partial charge in [0.25, 0.3) is 0 Å². The molecule has 1 aromatic carbocycles. The zero-order valence-corrected chi connectivity index (χ0v) is 9.33. The maximum absolute atomic E-state index is 13.6.